The molecule has 0 aliphatic rings. The zero-order valence-corrected chi connectivity index (χ0v) is 42.6. The van der Waals surface area contributed by atoms with Crippen LogP contribution in [0.1, 0.15) is 0 Å². The van der Waals surface area contributed by atoms with Gasteiger partial charge in [-0.3, -0.25) is 27.3 Å². The Morgan fingerprint density at radius 3 is 1.70 bits per heavy atom. The number of phenolic OH excluding ortho intramolecular Hbond substituents is 1. The quantitative estimate of drug-likeness (QED) is 0.0318. The van der Waals surface area contributed by atoms with Crippen molar-refractivity contribution >= 4 is 144 Å². The van der Waals surface area contributed by atoms with Gasteiger partial charge in [-0.1, -0.05) is 18.2 Å². The minimum atomic E-state index is -5.54. The van der Waals surface area contributed by atoms with Crippen LogP contribution in [0.5, 0.6) is 5.75 Å². The number of nitrogens with two attached hydrogens (primary N) is 1. The van der Waals surface area contributed by atoms with Crippen molar-refractivity contribution in [2.75, 3.05) is 28.7 Å². The molecule has 0 aliphatic heterocycles. The topological polar surface area (TPSA) is 528 Å². The molecule has 1 heterocycles. The van der Waals surface area contributed by atoms with E-state index in [1.54, 1.807) is 0 Å². The van der Waals surface area contributed by atoms with Gasteiger partial charge in [0.1, 0.15) is 43.0 Å². The van der Waals surface area contributed by atoms with Crippen LogP contribution in [0.15, 0.2) is 141 Å². The van der Waals surface area contributed by atoms with Crippen molar-refractivity contribution in [1.29, 1.82) is 0 Å². The van der Waals surface area contributed by atoms with Crippen LogP contribution in [0.2, 0.25) is 0 Å². The van der Waals surface area contributed by atoms with Crippen LogP contribution in [0.25, 0.3) is 21.5 Å². The third-order valence-corrected chi connectivity index (χ3v) is 16.5. The number of azo groups is 2. The van der Waals surface area contributed by atoms with Gasteiger partial charge in [0.25, 0.3) is 50.6 Å². The fourth-order valence-corrected chi connectivity index (χ4v) is 11.7. The molecule has 0 spiro atoms. The van der Waals surface area contributed by atoms with Crippen molar-refractivity contribution in [1.82, 2.24) is 15.0 Å². The fraction of sp³-hybridized carbons (Fsp3) is 0.0541. The minimum absolute atomic E-state index is 0.197. The van der Waals surface area contributed by atoms with Crippen LogP contribution in [0.3, 0.4) is 0 Å². The molecule has 0 saturated carbocycles. The van der Waals surface area contributed by atoms with Gasteiger partial charge in [0.05, 0.1) is 38.9 Å². The molecular formula is C37H30N10O22S7. The van der Waals surface area contributed by atoms with E-state index in [0.29, 0.717) is 18.2 Å². The summed E-state index contributed by atoms with van der Waals surface area (Å²) >= 11 is 0. The molecule has 76 heavy (non-hydrogen) atoms. The maximum absolute atomic E-state index is 12.8. The molecule has 0 atom stereocenters. The molecule has 0 fully saturated rings. The molecule has 0 amide bonds. The molecule has 32 nitrogen and oxygen atoms in total. The van der Waals surface area contributed by atoms with Crippen LogP contribution in [0.4, 0.5) is 51.7 Å². The minimum Gasteiger partial charge on any atom is -0.505 e. The summed E-state index contributed by atoms with van der Waals surface area (Å²) in [6.45, 7) is -0.874. The Bertz CT molecular complexity index is 4470. The van der Waals surface area contributed by atoms with Gasteiger partial charge in [0.2, 0.25) is 11.9 Å². The monoisotopic (exact) mass is 1190 g/mol. The number of nitrogens with zero attached hydrogens (tertiary/aromatic N) is 7. The molecule has 402 valence electrons. The predicted octanol–water partition coefficient (Wildman–Crippen LogP) is 4.61. The van der Waals surface area contributed by atoms with E-state index in [2.05, 4.69) is 50.2 Å². The smallest absolute Gasteiger partial charge is 0.397 e. The summed E-state index contributed by atoms with van der Waals surface area (Å²) in [5.74, 6) is -2.69. The number of rotatable bonds is 18. The highest BCUT2D eigenvalue weighted by Gasteiger charge is 2.30. The van der Waals surface area contributed by atoms with Crippen molar-refractivity contribution < 1.29 is 95.5 Å². The van der Waals surface area contributed by atoms with Crippen molar-refractivity contribution in [3.05, 3.63) is 91.3 Å². The van der Waals surface area contributed by atoms with E-state index in [0.717, 1.165) is 60.9 Å². The van der Waals surface area contributed by atoms with Gasteiger partial charge in [-0.2, -0.15) is 60.6 Å². The van der Waals surface area contributed by atoms with E-state index < -0.39 is 163 Å². The zero-order chi connectivity index (χ0) is 56.1. The van der Waals surface area contributed by atoms with Gasteiger partial charge in [0, 0.05) is 22.1 Å². The van der Waals surface area contributed by atoms with E-state index in [-0.39, 0.29) is 28.2 Å². The standard InChI is InChI=1S/C37H30N10O22S7/c38-31-30-18(13-29(74(60,61)62)33(34(30)48)47-45-26-9-8-24-25(35(26)75(63,64)65)2-1-3-27(24)72(54,55)56)12-28(73(57,58)59)32(31)46-44-21-14-20(15-23(16-21)71(51,52)53)42-37-40-17-39-36(43-37)41-19-4-6-22(7-5-19)70(49,50)11-10-69-76(66,67)68/h1-9,12-17,48H,10-11,38H2,(H,51,52,53)(H,54,55,56)(H,57,58,59)(H,60,61,62)(H,63,64,65)(H,66,67,68)(H2,39,40,41,42,43). The lowest BCUT2D eigenvalue weighted by Crippen LogP contribution is -2.15. The number of anilines is 5. The second-order valence-electron chi connectivity index (χ2n) is 15.0. The van der Waals surface area contributed by atoms with Crippen LogP contribution in [-0.2, 0) is 75.0 Å². The summed E-state index contributed by atoms with van der Waals surface area (Å²) in [7, 11) is -35.5. The number of aromatic hydroxyl groups is 1. The molecule has 11 N–H and O–H groups in total. The highest BCUT2D eigenvalue weighted by atomic mass is 32.3. The number of hydrogen-bond donors (Lipinski definition) is 10. The lowest BCUT2D eigenvalue weighted by atomic mass is 10.1. The van der Waals surface area contributed by atoms with Gasteiger partial charge in [-0.25, -0.2) is 22.6 Å². The number of benzene rings is 6. The van der Waals surface area contributed by atoms with Gasteiger partial charge in [-0.05, 0) is 72.1 Å². The molecule has 0 aliphatic carbocycles. The number of sulfone groups is 1. The Morgan fingerprint density at radius 2 is 1.13 bits per heavy atom. The van der Waals surface area contributed by atoms with Crippen molar-refractivity contribution in [3.8, 4) is 5.75 Å². The molecule has 0 radical (unpaired) electrons. The normalized spacial score (nSPS) is 13.2. The highest BCUT2D eigenvalue weighted by molar-refractivity contribution is 7.91. The summed E-state index contributed by atoms with van der Waals surface area (Å²) in [6.07, 6.45) is 0.962. The van der Waals surface area contributed by atoms with Crippen LogP contribution in [0, 0.1) is 0 Å². The molecular weight excluding hydrogens is 1160 g/mol. The predicted molar refractivity (Wildman–Crippen MR) is 260 cm³/mol. The van der Waals surface area contributed by atoms with E-state index in [9.17, 15) is 86.8 Å². The second kappa shape index (κ2) is 20.3. The first kappa shape index (κ1) is 56.3. The summed E-state index contributed by atoms with van der Waals surface area (Å²) < 4.78 is 235. The van der Waals surface area contributed by atoms with Crippen molar-refractivity contribution in [2.24, 2.45) is 20.5 Å². The molecule has 6 aromatic carbocycles. The first-order valence-corrected chi connectivity index (χ1v) is 29.9. The second-order valence-corrected chi connectivity index (χ2v) is 25.2. The summed E-state index contributed by atoms with van der Waals surface area (Å²) in [5, 5.41) is 29.2. The van der Waals surface area contributed by atoms with Crippen molar-refractivity contribution in [3.63, 3.8) is 0 Å². The van der Waals surface area contributed by atoms with Gasteiger partial charge in [-0.15, -0.1) is 15.3 Å². The Hall–Kier alpha value is -7.38. The first-order chi connectivity index (χ1) is 35.0. The number of aromatic nitrogens is 3. The fourth-order valence-electron chi connectivity index (χ4n) is 6.83. The Labute approximate surface area is 427 Å². The van der Waals surface area contributed by atoms with E-state index in [4.69, 9.17) is 10.3 Å². The van der Waals surface area contributed by atoms with Crippen molar-refractivity contribution in [2.45, 2.75) is 29.4 Å². The maximum atomic E-state index is 12.8. The molecule has 0 bridgehead atoms. The molecule has 7 aromatic rings. The number of phenols is 1. The van der Waals surface area contributed by atoms with E-state index in [1.165, 1.54) is 12.1 Å². The molecule has 0 saturated heterocycles. The van der Waals surface area contributed by atoms with Gasteiger partial charge < -0.3 is 21.5 Å². The maximum Gasteiger partial charge on any atom is 0.397 e. The van der Waals surface area contributed by atoms with Crippen LogP contribution >= 0.6 is 0 Å². The first-order valence-electron chi connectivity index (χ1n) is 19.7. The Balaban J connectivity index is 1.27. The summed E-state index contributed by atoms with van der Waals surface area (Å²) in [6, 6.07) is 12.9. The third kappa shape index (κ3) is 12.8. The van der Waals surface area contributed by atoms with E-state index in [1.807, 2.05) is 0 Å². The largest absolute Gasteiger partial charge is 0.505 e. The molecule has 0 unspecified atom stereocenters. The molecule has 39 heteroatoms. The Morgan fingerprint density at radius 1 is 0.553 bits per heavy atom. The lowest BCUT2D eigenvalue weighted by molar-refractivity contribution is 0.284. The SMILES string of the molecule is Nc1c(N=Nc2cc(Nc3ncnc(Nc4ccc(S(=O)(=O)CCOS(=O)(=O)O)cc4)n3)cc(S(=O)(=O)O)c2)c(S(=O)(=O)O)cc2cc(S(=O)(=O)O)c(N=Nc3ccc4c(S(=O)(=O)O)cccc4c3S(=O)(=O)O)c(O)c12. The van der Waals surface area contributed by atoms with Crippen LogP contribution < -0.4 is 16.4 Å². The van der Waals surface area contributed by atoms with E-state index >= 15 is 0 Å². The summed E-state index contributed by atoms with van der Waals surface area (Å²) in [4.78, 5) is 6.24. The van der Waals surface area contributed by atoms with Gasteiger partial charge >= 0.3 is 10.4 Å². The third-order valence-electron chi connectivity index (χ3n) is 9.95. The molecule has 1 aromatic heterocycles. The summed E-state index contributed by atoms with van der Waals surface area (Å²) in [5.41, 5.74) is 1.57. The number of fused-ring (bicyclic) bond motifs is 2. The average Bonchev–Trinajstić information content (AvgIpc) is 3.28. The van der Waals surface area contributed by atoms with Crippen LogP contribution in [-0.4, -0.2) is 119 Å². The zero-order valence-electron chi connectivity index (χ0n) is 36.9. The lowest BCUT2D eigenvalue weighted by Gasteiger charge is -2.14. The number of nitrogens with one attached hydrogen (secondary N) is 2. The number of hydrogen-bond acceptors (Lipinski definition) is 26. The Kier molecular flexibility index (Phi) is 15.0. The highest BCUT2D eigenvalue weighted by Crippen LogP contribution is 2.49. The average molecular weight is 1190 g/mol. The van der Waals surface area contributed by atoms with Gasteiger partial charge in [0.15, 0.2) is 15.6 Å². The molecule has 7 rings (SSSR count). The number of nitrogen functional groups attached to an aromatic ring is 1.